The molecule has 6 nitrogen and oxygen atoms in total. The van der Waals surface area contributed by atoms with E-state index in [0.29, 0.717) is 12.8 Å². The van der Waals surface area contributed by atoms with E-state index in [0.717, 1.165) is 11.8 Å². The van der Waals surface area contributed by atoms with Crippen molar-refractivity contribution in [1.82, 2.24) is 10.6 Å². The van der Waals surface area contributed by atoms with Gasteiger partial charge in [0.2, 0.25) is 11.8 Å². The molecule has 0 aliphatic carbocycles. The van der Waals surface area contributed by atoms with Gasteiger partial charge in [-0.1, -0.05) is 30.3 Å². The van der Waals surface area contributed by atoms with Gasteiger partial charge in [-0.05, 0) is 12.0 Å². The second-order valence-electron chi connectivity index (χ2n) is 5.07. The molecule has 2 amide bonds. The molecule has 0 radical (unpaired) electrons. The van der Waals surface area contributed by atoms with Gasteiger partial charge in [0.25, 0.3) is 0 Å². The number of benzene rings is 1. The molecule has 0 saturated carbocycles. The van der Waals surface area contributed by atoms with Crippen molar-refractivity contribution >= 4 is 21.7 Å². The SMILES string of the molecule is CS(=O)(=O)CCNC(=O)CCNC(=O)CCc1ccccc1. The molecule has 0 heterocycles. The van der Waals surface area contributed by atoms with E-state index >= 15 is 0 Å². The molecule has 0 atom stereocenters. The van der Waals surface area contributed by atoms with Crippen molar-refractivity contribution in [2.75, 3.05) is 25.1 Å². The number of sulfone groups is 1. The number of hydrogen-bond donors (Lipinski definition) is 2. The van der Waals surface area contributed by atoms with Crippen molar-refractivity contribution in [3.63, 3.8) is 0 Å². The van der Waals surface area contributed by atoms with Crippen molar-refractivity contribution in [2.45, 2.75) is 19.3 Å². The van der Waals surface area contributed by atoms with E-state index in [2.05, 4.69) is 10.6 Å². The molecule has 2 N–H and O–H groups in total. The Hall–Kier alpha value is -1.89. The number of carbonyl (C=O) groups is 2. The molecule has 1 rings (SSSR count). The molecule has 22 heavy (non-hydrogen) atoms. The van der Waals surface area contributed by atoms with E-state index in [9.17, 15) is 18.0 Å². The summed E-state index contributed by atoms with van der Waals surface area (Å²) in [5.74, 6) is -0.456. The van der Waals surface area contributed by atoms with Crippen LogP contribution in [0, 0.1) is 0 Å². The van der Waals surface area contributed by atoms with E-state index < -0.39 is 9.84 Å². The van der Waals surface area contributed by atoms with Gasteiger partial charge >= 0.3 is 0 Å². The van der Waals surface area contributed by atoms with Crippen LogP contribution in [0.25, 0.3) is 0 Å². The van der Waals surface area contributed by atoms with E-state index in [1.54, 1.807) is 0 Å². The van der Waals surface area contributed by atoms with Gasteiger partial charge in [0.1, 0.15) is 9.84 Å². The first-order valence-electron chi connectivity index (χ1n) is 7.12. The maximum absolute atomic E-state index is 11.6. The van der Waals surface area contributed by atoms with Gasteiger partial charge in [0, 0.05) is 32.2 Å². The topological polar surface area (TPSA) is 92.3 Å². The lowest BCUT2D eigenvalue weighted by Gasteiger charge is -2.06. The molecule has 1 aromatic rings. The lowest BCUT2D eigenvalue weighted by atomic mass is 10.1. The molecule has 1 aromatic carbocycles. The summed E-state index contributed by atoms with van der Waals surface area (Å²) in [5, 5.41) is 5.17. The van der Waals surface area contributed by atoms with Crippen LogP contribution < -0.4 is 10.6 Å². The molecule has 7 heteroatoms. The van der Waals surface area contributed by atoms with Gasteiger partial charge in [-0.2, -0.15) is 0 Å². The minimum Gasteiger partial charge on any atom is -0.356 e. The molecule has 0 unspecified atom stereocenters. The first-order chi connectivity index (χ1) is 10.4. The number of carbonyl (C=O) groups excluding carboxylic acids is 2. The van der Waals surface area contributed by atoms with Crippen molar-refractivity contribution in [2.24, 2.45) is 0 Å². The molecule has 0 fully saturated rings. The first kappa shape index (κ1) is 18.2. The summed E-state index contributed by atoms with van der Waals surface area (Å²) in [6, 6.07) is 9.69. The standard InChI is InChI=1S/C15H22N2O4S/c1-22(20,21)12-11-17-15(19)9-10-16-14(18)8-7-13-5-3-2-4-6-13/h2-6H,7-12H2,1H3,(H,16,18)(H,17,19). The fourth-order valence-electron chi connectivity index (χ4n) is 1.77. The Labute approximate surface area is 131 Å². The van der Waals surface area contributed by atoms with Crippen molar-refractivity contribution < 1.29 is 18.0 Å². The fraction of sp³-hybridized carbons (Fsp3) is 0.467. The molecule has 0 spiro atoms. The van der Waals surface area contributed by atoms with Gasteiger partial charge in [0.15, 0.2) is 0 Å². The van der Waals surface area contributed by atoms with Crippen LogP contribution in [-0.4, -0.2) is 45.3 Å². The molecule has 0 bridgehead atoms. The van der Waals surface area contributed by atoms with E-state index in [-0.39, 0.29) is 37.1 Å². The number of amides is 2. The summed E-state index contributed by atoms with van der Waals surface area (Å²) in [7, 11) is -3.07. The minimum atomic E-state index is -3.07. The third-order valence-electron chi connectivity index (χ3n) is 2.95. The Morgan fingerprint density at radius 3 is 2.18 bits per heavy atom. The van der Waals surface area contributed by atoms with Gasteiger partial charge in [-0.3, -0.25) is 9.59 Å². The average molecular weight is 326 g/mol. The highest BCUT2D eigenvalue weighted by Crippen LogP contribution is 2.01. The quantitative estimate of drug-likeness (QED) is 0.682. The summed E-state index contributed by atoms with van der Waals surface area (Å²) in [5.41, 5.74) is 1.09. The zero-order valence-electron chi connectivity index (χ0n) is 12.7. The van der Waals surface area contributed by atoms with E-state index in [4.69, 9.17) is 0 Å². The Morgan fingerprint density at radius 2 is 1.55 bits per heavy atom. The molecular weight excluding hydrogens is 304 g/mol. The maximum atomic E-state index is 11.6. The monoisotopic (exact) mass is 326 g/mol. The van der Waals surface area contributed by atoms with Crippen molar-refractivity contribution in [1.29, 1.82) is 0 Å². The second kappa shape index (κ2) is 9.19. The Bertz CT molecular complexity index is 585. The van der Waals surface area contributed by atoms with Crippen LogP contribution >= 0.6 is 0 Å². The summed E-state index contributed by atoms with van der Waals surface area (Å²) < 4.78 is 21.8. The highest BCUT2D eigenvalue weighted by Gasteiger charge is 2.06. The summed E-state index contributed by atoms with van der Waals surface area (Å²) in [6.07, 6.45) is 2.29. The van der Waals surface area contributed by atoms with Crippen LogP contribution in [-0.2, 0) is 25.8 Å². The largest absolute Gasteiger partial charge is 0.356 e. The number of rotatable bonds is 9. The van der Waals surface area contributed by atoms with Crippen LogP contribution in [0.1, 0.15) is 18.4 Å². The zero-order chi connectivity index (χ0) is 16.4. The summed E-state index contributed by atoms with van der Waals surface area (Å²) >= 11 is 0. The Morgan fingerprint density at radius 1 is 0.955 bits per heavy atom. The second-order valence-corrected chi connectivity index (χ2v) is 7.33. The minimum absolute atomic E-state index is 0.0812. The van der Waals surface area contributed by atoms with Gasteiger partial charge in [0.05, 0.1) is 5.75 Å². The van der Waals surface area contributed by atoms with Crippen molar-refractivity contribution in [3.05, 3.63) is 35.9 Å². The lowest BCUT2D eigenvalue weighted by molar-refractivity contribution is -0.122. The van der Waals surface area contributed by atoms with Crippen LogP contribution in [0.3, 0.4) is 0 Å². The normalized spacial score (nSPS) is 11.0. The lowest BCUT2D eigenvalue weighted by Crippen LogP contribution is -2.33. The van der Waals surface area contributed by atoms with E-state index in [1.807, 2.05) is 30.3 Å². The number of aryl methyl sites for hydroxylation is 1. The van der Waals surface area contributed by atoms with Gasteiger partial charge in [-0.15, -0.1) is 0 Å². The molecule has 0 saturated heterocycles. The molecule has 122 valence electrons. The smallest absolute Gasteiger partial charge is 0.221 e. The zero-order valence-corrected chi connectivity index (χ0v) is 13.5. The maximum Gasteiger partial charge on any atom is 0.221 e. The third kappa shape index (κ3) is 9.12. The van der Waals surface area contributed by atoms with Crippen LogP contribution in [0.5, 0.6) is 0 Å². The summed E-state index contributed by atoms with van der Waals surface area (Å²) in [6.45, 7) is 0.345. The Balaban J connectivity index is 2.10. The Kier molecular flexibility index (Phi) is 7.59. The molecule has 0 aliphatic rings. The summed E-state index contributed by atoms with van der Waals surface area (Å²) in [4.78, 5) is 23.1. The highest BCUT2D eigenvalue weighted by molar-refractivity contribution is 7.90. The average Bonchev–Trinajstić information content (AvgIpc) is 2.45. The third-order valence-corrected chi connectivity index (χ3v) is 3.90. The first-order valence-corrected chi connectivity index (χ1v) is 9.18. The van der Waals surface area contributed by atoms with Crippen molar-refractivity contribution in [3.8, 4) is 0 Å². The predicted molar refractivity (Wildman–Crippen MR) is 85.1 cm³/mol. The number of hydrogen-bond acceptors (Lipinski definition) is 4. The van der Waals surface area contributed by atoms with Crippen LogP contribution in [0.4, 0.5) is 0 Å². The fourth-order valence-corrected chi connectivity index (χ4v) is 2.24. The van der Waals surface area contributed by atoms with Gasteiger partial charge < -0.3 is 10.6 Å². The predicted octanol–water partition coefficient (Wildman–Crippen LogP) is 0.286. The molecule has 0 aromatic heterocycles. The van der Waals surface area contributed by atoms with Crippen LogP contribution in [0.15, 0.2) is 30.3 Å². The molecular formula is C15H22N2O4S. The van der Waals surface area contributed by atoms with Crippen LogP contribution in [0.2, 0.25) is 0 Å². The van der Waals surface area contributed by atoms with Gasteiger partial charge in [-0.25, -0.2) is 8.42 Å². The number of nitrogens with one attached hydrogen (secondary N) is 2. The highest BCUT2D eigenvalue weighted by atomic mass is 32.2. The van der Waals surface area contributed by atoms with E-state index in [1.165, 1.54) is 0 Å². The molecule has 0 aliphatic heterocycles.